The van der Waals surface area contributed by atoms with Crippen LogP contribution in [0, 0.1) is 0 Å². The van der Waals surface area contributed by atoms with Crippen LogP contribution in [0.4, 0.5) is 0 Å². The molecule has 0 bridgehead atoms. The quantitative estimate of drug-likeness (QED) is 0.755. The molecule has 0 radical (unpaired) electrons. The summed E-state index contributed by atoms with van der Waals surface area (Å²) in [5.74, 6) is -0.551. The van der Waals surface area contributed by atoms with E-state index in [-0.39, 0.29) is 24.1 Å². The number of amides is 3. The van der Waals surface area contributed by atoms with Crippen LogP contribution >= 0.6 is 0 Å². The molecule has 1 N–H and O–H groups in total. The van der Waals surface area contributed by atoms with Gasteiger partial charge in [0.1, 0.15) is 11.4 Å². The molecule has 2 aliphatic heterocycles. The van der Waals surface area contributed by atoms with Gasteiger partial charge in [-0.1, -0.05) is 0 Å². The molecule has 120 valence electrons. The fourth-order valence-corrected chi connectivity index (χ4v) is 2.49. The fraction of sp³-hybridized carbons (Fsp3) is 0.429. The highest BCUT2D eigenvalue weighted by Gasteiger charge is 2.28. The number of rotatable bonds is 2. The first-order valence-corrected chi connectivity index (χ1v) is 7.35. The third-order valence-electron chi connectivity index (χ3n) is 3.79. The van der Waals surface area contributed by atoms with E-state index >= 15 is 0 Å². The van der Waals surface area contributed by atoms with Crippen LogP contribution in [0.5, 0.6) is 0 Å². The van der Waals surface area contributed by atoms with Crippen LogP contribution in [0.3, 0.4) is 0 Å². The monoisotopic (exact) mass is 316 g/mol. The largest absolute Gasteiger partial charge is 0.334 e. The molecule has 1 aromatic rings. The van der Waals surface area contributed by atoms with Crippen molar-refractivity contribution in [3.8, 4) is 0 Å². The van der Waals surface area contributed by atoms with Crippen molar-refractivity contribution in [1.29, 1.82) is 0 Å². The van der Waals surface area contributed by atoms with Crippen molar-refractivity contribution in [2.75, 3.05) is 26.2 Å². The minimum absolute atomic E-state index is 0.180. The molecule has 9 nitrogen and oxygen atoms in total. The number of hydrogen-bond donors (Lipinski definition) is 1. The van der Waals surface area contributed by atoms with Crippen LogP contribution in [-0.2, 0) is 9.59 Å². The molecular formula is C14H16N6O3. The summed E-state index contributed by atoms with van der Waals surface area (Å²) < 4.78 is 0. The molecule has 0 atom stereocenters. The first-order chi connectivity index (χ1) is 11.1. The first-order valence-electron chi connectivity index (χ1n) is 7.35. The van der Waals surface area contributed by atoms with Gasteiger partial charge >= 0.3 is 0 Å². The summed E-state index contributed by atoms with van der Waals surface area (Å²) >= 11 is 0. The minimum Gasteiger partial charge on any atom is -0.334 e. The normalized spacial score (nSPS) is 18.3. The zero-order chi connectivity index (χ0) is 16.2. The Bertz CT molecular complexity index is 652. The van der Waals surface area contributed by atoms with Crippen LogP contribution in [-0.4, -0.2) is 69.4 Å². The highest BCUT2D eigenvalue weighted by Crippen LogP contribution is 2.09. The summed E-state index contributed by atoms with van der Waals surface area (Å²) in [4.78, 5) is 46.8. The lowest BCUT2D eigenvalue weighted by atomic mass is 10.1. The molecule has 0 aromatic carbocycles. The van der Waals surface area contributed by atoms with Crippen molar-refractivity contribution in [1.82, 2.24) is 25.2 Å². The van der Waals surface area contributed by atoms with E-state index in [0.717, 1.165) is 0 Å². The summed E-state index contributed by atoms with van der Waals surface area (Å²) in [6.07, 6.45) is 5.04. The molecule has 1 aromatic heterocycles. The summed E-state index contributed by atoms with van der Waals surface area (Å²) in [5, 5.41) is 3.81. The first kappa shape index (κ1) is 15.1. The van der Waals surface area contributed by atoms with Crippen molar-refractivity contribution in [2.24, 2.45) is 5.10 Å². The lowest BCUT2D eigenvalue weighted by molar-refractivity contribution is -0.126. The van der Waals surface area contributed by atoms with Crippen LogP contribution in [0.1, 0.15) is 23.3 Å². The summed E-state index contributed by atoms with van der Waals surface area (Å²) in [6, 6.07) is 0. The van der Waals surface area contributed by atoms with E-state index in [2.05, 4.69) is 20.5 Å². The van der Waals surface area contributed by atoms with Crippen molar-refractivity contribution >= 4 is 23.4 Å². The Morgan fingerprint density at radius 2 is 1.70 bits per heavy atom. The van der Waals surface area contributed by atoms with E-state index in [9.17, 15) is 14.4 Å². The number of nitrogens with one attached hydrogen (secondary N) is 1. The highest BCUT2D eigenvalue weighted by atomic mass is 16.2. The van der Waals surface area contributed by atoms with Crippen LogP contribution in [0.15, 0.2) is 23.7 Å². The number of carbonyl (C=O) groups excluding carboxylic acids is 3. The van der Waals surface area contributed by atoms with Gasteiger partial charge in [-0.15, -0.1) is 0 Å². The molecule has 3 rings (SSSR count). The lowest BCUT2D eigenvalue weighted by Gasteiger charge is -2.34. The Morgan fingerprint density at radius 3 is 2.26 bits per heavy atom. The summed E-state index contributed by atoms with van der Waals surface area (Å²) in [5.41, 5.74) is 2.98. The van der Waals surface area contributed by atoms with E-state index in [1.165, 1.54) is 18.6 Å². The van der Waals surface area contributed by atoms with E-state index in [1.54, 1.807) is 9.80 Å². The van der Waals surface area contributed by atoms with Crippen molar-refractivity contribution in [2.45, 2.75) is 12.8 Å². The van der Waals surface area contributed by atoms with Gasteiger partial charge in [-0.3, -0.25) is 19.4 Å². The van der Waals surface area contributed by atoms with Gasteiger partial charge in [-0.05, 0) is 0 Å². The zero-order valence-electron chi connectivity index (χ0n) is 12.4. The van der Waals surface area contributed by atoms with Gasteiger partial charge < -0.3 is 9.80 Å². The predicted octanol–water partition coefficient (Wildman–Crippen LogP) is -0.973. The van der Waals surface area contributed by atoms with Crippen molar-refractivity contribution in [3.05, 3.63) is 24.3 Å². The van der Waals surface area contributed by atoms with Gasteiger partial charge in [-0.25, -0.2) is 10.4 Å². The summed E-state index contributed by atoms with van der Waals surface area (Å²) in [6.45, 7) is 1.72. The van der Waals surface area contributed by atoms with Crippen LogP contribution in [0.25, 0.3) is 0 Å². The second-order valence-electron chi connectivity index (χ2n) is 5.27. The Morgan fingerprint density at radius 1 is 1.00 bits per heavy atom. The van der Waals surface area contributed by atoms with E-state index in [4.69, 9.17) is 0 Å². The lowest BCUT2D eigenvalue weighted by Crippen LogP contribution is -2.52. The number of hydrazone groups is 1. The Hall–Kier alpha value is -2.84. The van der Waals surface area contributed by atoms with E-state index < -0.39 is 0 Å². The minimum atomic E-state index is -0.188. The Labute approximate surface area is 132 Å². The molecule has 9 heteroatoms. The molecule has 0 unspecified atom stereocenters. The molecule has 0 aliphatic carbocycles. The second-order valence-corrected chi connectivity index (χ2v) is 5.27. The molecule has 2 aliphatic rings. The molecule has 1 saturated heterocycles. The molecule has 3 heterocycles. The third kappa shape index (κ3) is 3.33. The molecular weight excluding hydrogens is 300 g/mol. The van der Waals surface area contributed by atoms with E-state index in [0.29, 0.717) is 44.0 Å². The topological polar surface area (TPSA) is 108 Å². The number of carbonyl (C=O) groups is 3. The van der Waals surface area contributed by atoms with Crippen LogP contribution < -0.4 is 5.43 Å². The smallest absolute Gasteiger partial charge is 0.274 e. The third-order valence-corrected chi connectivity index (χ3v) is 3.79. The van der Waals surface area contributed by atoms with Gasteiger partial charge in [0.2, 0.25) is 5.91 Å². The Kier molecular flexibility index (Phi) is 4.26. The molecule has 0 spiro atoms. The predicted molar refractivity (Wildman–Crippen MR) is 79.3 cm³/mol. The maximum atomic E-state index is 12.3. The average molecular weight is 316 g/mol. The SMILES string of the molecule is O=C1CCC(C(=O)N2CCN(C(=O)c3cnccn3)CC2)=NN1. The number of piperazine rings is 1. The fourth-order valence-electron chi connectivity index (χ4n) is 2.49. The van der Waals surface area contributed by atoms with E-state index in [1.807, 2.05) is 0 Å². The molecule has 1 fully saturated rings. The number of nitrogens with zero attached hydrogens (tertiary/aromatic N) is 5. The maximum Gasteiger partial charge on any atom is 0.274 e. The molecule has 23 heavy (non-hydrogen) atoms. The van der Waals surface area contributed by atoms with Gasteiger partial charge in [0.25, 0.3) is 11.8 Å². The summed E-state index contributed by atoms with van der Waals surface area (Å²) in [7, 11) is 0. The number of hydrogen-bond acceptors (Lipinski definition) is 6. The van der Waals surface area contributed by atoms with Gasteiger partial charge in [0.05, 0.1) is 6.20 Å². The van der Waals surface area contributed by atoms with Crippen LogP contribution in [0.2, 0.25) is 0 Å². The Balaban J connectivity index is 1.57. The molecule has 3 amide bonds. The van der Waals surface area contributed by atoms with Gasteiger partial charge in [0.15, 0.2) is 0 Å². The van der Waals surface area contributed by atoms with Crippen molar-refractivity contribution in [3.63, 3.8) is 0 Å². The van der Waals surface area contributed by atoms with Gasteiger partial charge in [0, 0.05) is 51.4 Å². The van der Waals surface area contributed by atoms with Gasteiger partial charge in [-0.2, -0.15) is 5.10 Å². The second kappa shape index (κ2) is 6.51. The molecule has 0 saturated carbocycles. The highest BCUT2D eigenvalue weighted by molar-refractivity contribution is 6.39. The van der Waals surface area contributed by atoms with Crippen molar-refractivity contribution < 1.29 is 14.4 Å². The zero-order valence-corrected chi connectivity index (χ0v) is 12.4. The maximum absolute atomic E-state index is 12.3. The average Bonchev–Trinajstić information content (AvgIpc) is 2.62. The standard InChI is InChI=1S/C14H16N6O3/c21-12-2-1-10(17-18-12)13(22)19-5-7-20(8-6-19)14(23)11-9-15-3-4-16-11/h3-4,9H,1-2,5-8H2,(H,18,21). The number of aromatic nitrogens is 2.